The van der Waals surface area contributed by atoms with E-state index < -0.39 is 0 Å². The monoisotopic (exact) mass is 1860 g/mol. The van der Waals surface area contributed by atoms with Crippen LogP contribution in [0, 0.1) is 112 Å². The van der Waals surface area contributed by atoms with Gasteiger partial charge in [0.1, 0.15) is 34.9 Å². The number of benzene rings is 11. The van der Waals surface area contributed by atoms with Gasteiger partial charge >= 0.3 is 11.9 Å². The predicted octanol–water partition coefficient (Wildman–Crippen LogP) is 27.7. The van der Waals surface area contributed by atoms with Gasteiger partial charge in [-0.05, 0) is 338 Å². The van der Waals surface area contributed by atoms with Crippen LogP contribution in [-0.2, 0) is 114 Å². The van der Waals surface area contributed by atoms with Crippen molar-refractivity contribution in [2.45, 2.75) is 305 Å². The van der Waals surface area contributed by atoms with E-state index in [1.165, 1.54) is 117 Å². The average Bonchev–Trinajstić information content (AvgIpc) is 0.797. The highest BCUT2D eigenvalue weighted by Gasteiger charge is 2.30. The van der Waals surface area contributed by atoms with Crippen LogP contribution in [0.5, 0.6) is 23.0 Å². The number of fused-ring (bicyclic) bond motifs is 11. The average molecular weight is 1860 g/mol. The van der Waals surface area contributed by atoms with E-state index in [2.05, 4.69) is 230 Å². The number of carbonyl (C=O) groups is 6. The van der Waals surface area contributed by atoms with Gasteiger partial charge in [-0.3, -0.25) is 24.0 Å². The smallest absolute Gasteiger partial charge is 0.338 e. The van der Waals surface area contributed by atoms with Crippen molar-refractivity contribution in [3.8, 4) is 23.0 Å². The molecule has 11 aromatic carbocycles. The molecule has 11 unspecified atom stereocenters. The second-order valence-corrected chi connectivity index (χ2v) is 41.3. The second-order valence-electron chi connectivity index (χ2n) is 41.3. The lowest BCUT2D eigenvalue weighted by Gasteiger charge is -2.23. The summed E-state index contributed by atoms with van der Waals surface area (Å²) in [7, 11) is 0. The molecular weight excluding hydrogens is 1710 g/mol. The molecule has 13 nitrogen and oxygen atoms in total. The molecule has 13 heteroatoms. The lowest BCUT2D eigenvalue weighted by Crippen LogP contribution is -2.25. The number of aryl methyl sites for hydroxylation is 15. The zero-order valence-corrected chi connectivity index (χ0v) is 86.4. The molecular formula is C125H150O13. The first-order valence-corrected chi connectivity index (χ1v) is 50.6. The highest BCUT2D eigenvalue weighted by molar-refractivity contribution is 6.01. The van der Waals surface area contributed by atoms with Crippen molar-refractivity contribution in [3.63, 3.8) is 0 Å². The topological polar surface area (TPSA) is 167 Å². The predicted molar refractivity (Wildman–Crippen MR) is 558 cm³/mol. The van der Waals surface area contributed by atoms with Crippen LogP contribution < -0.4 is 18.9 Å². The van der Waals surface area contributed by atoms with E-state index in [-0.39, 0.29) is 41.7 Å². The molecule has 7 heterocycles. The van der Waals surface area contributed by atoms with Crippen molar-refractivity contribution in [1.29, 1.82) is 0 Å². The van der Waals surface area contributed by atoms with Gasteiger partial charge in [0.25, 0.3) is 0 Å². The largest absolute Gasteiger partial charge is 0.493 e. The third-order valence-electron chi connectivity index (χ3n) is 27.6. The fourth-order valence-corrected chi connectivity index (χ4v) is 19.3. The summed E-state index contributed by atoms with van der Waals surface area (Å²) in [5.74, 6) is 6.88. The fourth-order valence-electron chi connectivity index (χ4n) is 19.3. The van der Waals surface area contributed by atoms with Crippen molar-refractivity contribution >= 4 is 35.1 Å². The summed E-state index contributed by atoms with van der Waals surface area (Å²) < 4.78 is 38.4. The Morgan fingerprint density at radius 2 is 0.601 bits per heavy atom. The molecule has 0 fully saturated rings. The Labute approximate surface area is 823 Å². The van der Waals surface area contributed by atoms with E-state index in [4.69, 9.17) is 33.2 Å². The maximum atomic E-state index is 11.7. The summed E-state index contributed by atoms with van der Waals surface area (Å²) >= 11 is 0. The van der Waals surface area contributed by atoms with Crippen LogP contribution in [0.4, 0.5) is 0 Å². The van der Waals surface area contributed by atoms with Gasteiger partial charge in [-0.15, -0.1) is 0 Å². The first-order valence-electron chi connectivity index (χ1n) is 50.6. The normalized spacial score (nSPS) is 21.4. The van der Waals surface area contributed by atoms with Crippen molar-refractivity contribution in [2.24, 2.45) is 35.5 Å². The van der Waals surface area contributed by atoms with Gasteiger partial charge in [-0.25, -0.2) is 4.79 Å². The number of carbonyl (C=O) groups excluding carboxylic acids is 6. The Hall–Kier alpha value is -11.6. The molecule has 0 saturated heterocycles. The minimum Gasteiger partial charge on any atom is -0.493 e. The zero-order chi connectivity index (χ0) is 99.3. The molecule has 0 bridgehead atoms. The van der Waals surface area contributed by atoms with E-state index in [1.807, 2.05) is 122 Å². The van der Waals surface area contributed by atoms with E-state index >= 15 is 0 Å². The molecule has 138 heavy (non-hydrogen) atoms. The van der Waals surface area contributed by atoms with Gasteiger partial charge in [0.15, 0.2) is 17.3 Å². The van der Waals surface area contributed by atoms with Gasteiger partial charge < -0.3 is 33.2 Å². The molecule has 11 aromatic rings. The van der Waals surface area contributed by atoms with Crippen molar-refractivity contribution < 1.29 is 61.9 Å². The molecule has 11 aliphatic rings. The Morgan fingerprint density at radius 3 is 1.09 bits per heavy atom. The summed E-state index contributed by atoms with van der Waals surface area (Å²) in [6, 6.07) is 69.4. The first-order chi connectivity index (χ1) is 65.8. The number of hydrogen-bond acceptors (Lipinski definition) is 13. The molecule has 0 spiro atoms. The summed E-state index contributed by atoms with van der Waals surface area (Å²) in [6.07, 6.45) is 18.6. The van der Waals surface area contributed by atoms with Gasteiger partial charge in [0, 0.05) is 53.7 Å². The van der Waals surface area contributed by atoms with Crippen LogP contribution in [0.15, 0.2) is 200 Å². The summed E-state index contributed by atoms with van der Waals surface area (Å²) in [5.41, 5.74) is 35.6. The maximum Gasteiger partial charge on any atom is 0.338 e. The minimum atomic E-state index is -0.183. The third kappa shape index (κ3) is 30.2. The van der Waals surface area contributed by atoms with Crippen LogP contribution in [-0.4, -0.2) is 72.2 Å². The standard InChI is InChI=1S/4C12H14O.2C11H12O2.5C11H14O/c2*1-8-3-6-11-10(7-8)5-4-9(2)12(11)13;1-8-3-4-10-5-9(2)7-12(13)11(10)6-8;1-8-3-4-10-6-9(2)12(13)7-11(10)5-8;1-7-3-4-9-6-8(2)13-11(12)10(9)5-7;1-7-3-4-9-6-8(2)11(12)13-10(9)5-7;2*1-8-3-6-11-10(7-8)5-4-9(2)12-11;1-8-3-4-10-5-9(2)7-12-11(10)6-8;2*1-8-3-4-10-6-9(2)12-7-11(10)5-8/h2*3,6-7,9H,4-5H2,1-2H3;3-4,6,9H,5,7H2,1-2H3;3-5,9H,6-7H2,1-2H3;2*3-5,8H,6H2,1-2H3;2*3,6-7,9H,4-5H2,1-2H3;3-4,6,9H,5,7H2,1-2H3;2*3-5,9H,6-7H2,1-2H3. The van der Waals surface area contributed by atoms with Crippen LogP contribution >= 0.6 is 0 Å². The summed E-state index contributed by atoms with van der Waals surface area (Å²) in [5, 5.41) is 0. The maximum absolute atomic E-state index is 11.7. The Balaban J connectivity index is 0.000000136. The number of esters is 2. The number of ketones is 4. The van der Waals surface area contributed by atoms with Crippen LogP contribution in [0.1, 0.15) is 289 Å². The fraction of sp³-hybridized carbons (Fsp3) is 0.424. The van der Waals surface area contributed by atoms with Gasteiger partial charge in [-0.1, -0.05) is 255 Å². The van der Waals surface area contributed by atoms with E-state index in [0.717, 1.165) is 190 Å². The number of ether oxygens (including phenoxy) is 7. The van der Waals surface area contributed by atoms with E-state index in [1.54, 1.807) is 0 Å². The molecule has 0 saturated carbocycles. The lowest BCUT2D eigenvalue weighted by molar-refractivity contribution is -0.139. The molecule has 0 aromatic heterocycles. The molecule has 0 N–H and O–H groups in total. The summed E-state index contributed by atoms with van der Waals surface area (Å²) in [6.45, 7) is 48.0. The Morgan fingerprint density at radius 1 is 0.246 bits per heavy atom. The Kier molecular flexibility index (Phi) is 37.6. The molecule has 728 valence electrons. The van der Waals surface area contributed by atoms with Crippen LogP contribution in [0.3, 0.4) is 0 Å². The van der Waals surface area contributed by atoms with Crippen molar-refractivity contribution in [2.75, 3.05) is 6.61 Å². The molecule has 0 amide bonds. The molecule has 22 rings (SSSR count). The lowest BCUT2D eigenvalue weighted by atomic mass is 9.83. The van der Waals surface area contributed by atoms with E-state index in [9.17, 15) is 28.8 Å². The van der Waals surface area contributed by atoms with Crippen molar-refractivity contribution in [1.82, 2.24) is 0 Å². The number of rotatable bonds is 0. The molecule has 4 aliphatic carbocycles. The zero-order valence-electron chi connectivity index (χ0n) is 86.4. The first kappa shape index (κ1) is 105. The third-order valence-corrected chi connectivity index (χ3v) is 27.6. The Bertz CT molecular complexity index is 5550. The quantitative estimate of drug-likeness (QED) is 0.104. The molecule has 7 aliphatic heterocycles. The van der Waals surface area contributed by atoms with Crippen LogP contribution in [0.25, 0.3) is 0 Å². The van der Waals surface area contributed by atoms with Gasteiger partial charge in [-0.2, -0.15) is 0 Å². The summed E-state index contributed by atoms with van der Waals surface area (Å²) in [4.78, 5) is 69.2. The number of Topliss-reactive ketones (excluding diaryl/α,β-unsaturated/α-hetero) is 4. The second kappa shape index (κ2) is 49.3. The highest BCUT2D eigenvalue weighted by atomic mass is 16.5. The van der Waals surface area contributed by atoms with Crippen LogP contribution in [0.2, 0.25) is 0 Å². The number of cyclic esters (lactones) is 1. The molecule has 0 radical (unpaired) electrons. The van der Waals surface area contributed by atoms with Gasteiger partial charge in [0.05, 0.1) is 55.7 Å². The number of hydrogen-bond donors (Lipinski definition) is 0. The highest BCUT2D eigenvalue weighted by Crippen LogP contribution is 2.36. The molecule has 11 atom stereocenters. The van der Waals surface area contributed by atoms with E-state index in [0.29, 0.717) is 65.8 Å². The minimum absolute atomic E-state index is 0.00444. The van der Waals surface area contributed by atoms with Gasteiger partial charge in [0.2, 0.25) is 0 Å². The SMILES string of the molecule is Cc1ccc2c(c1)C(=O)CC(C)C2.Cc1ccc2c(c1)C(=O)OC(C)C2.Cc1ccc2c(c1)CC(=O)C(C)C2.Cc1ccc2c(c1)CCC(C)C2=O.Cc1ccc2c(c1)CCC(C)C2=O.Cc1ccc2c(c1)CCC(C)O2.Cc1ccc2c(c1)CCC(C)O2.Cc1ccc2c(c1)COC(C)C2.Cc1ccc2c(c1)COC(C)C2.Cc1ccc2c(c1)OC(=O)C(C)C2.Cc1ccc2c(c1)OCC(C)C2. The van der Waals surface area contributed by atoms with Crippen molar-refractivity contribution in [3.05, 3.63) is 362 Å².